The van der Waals surface area contributed by atoms with Gasteiger partial charge in [0.05, 0.1) is 19.9 Å². The summed E-state index contributed by atoms with van der Waals surface area (Å²) in [5, 5.41) is 3.23. The third-order valence-corrected chi connectivity index (χ3v) is 2.90. The lowest BCUT2D eigenvalue weighted by Crippen LogP contribution is -2.44. The maximum Gasteiger partial charge on any atom is 0.331 e. The van der Waals surface area contributed by atoms with Gasteiger partial charge in [-0.25, -0.2) is 4.79 Å². The Morgan fingerprint density at radius 2 is 2.00 bits per heavy atom. The van der Waals surface area contributed by atoms with Gasteiger partial charge in [-0.05, 0) is 25.5 Å². The fraction of sp³-hybridized carbons (Fsp3) is 0.500. The van der Waals surface area contributed by atoms with E-state index < -0.39 is 5.54 Å². The van der Waals surface area contributed by atoms with Crippen LogP contribution in [0.3, 0.4) is 0 Å². The minimum absolute atomic E-state index is 0.268. The van der Waals surface area contributed by atoms with Gasteiger partial charge in [-0.2, -0.15) is 0 Å². The minimum atomic E-state index is -0.738. The second kappa shape index (κ2) is 6.28. The lowest BCUT2D eigenvalue weighted by molar-refractivity contribution is -0.145. The van der Waals surface area contributed by atoms with Crippen molar-refractivity contribution in [2.24, 2.45) is 0 Å². The van der Waals surface area contributed by atoms with Gasteiger partial charge < -0.3 is 14.8 Å². The van der Waals surface area contributed by atoms with Crippen molar-refractivity contribution in [2.45, 2.75) is 32.2 Å². The van der Waals surface area contributed by atoms with Crippen molar-refractivity contribution in [3.8, 4) is 5.75 Å². The van der Waals surface area contributed by atoms with Crippen LogP contribution in [0, 0.1) is 0 Å². The summed E-state index contributed by atoms with van der Waals surface area (Å²) in [5.74, 6) is 0.444. The van der Waals surface area contributed by atoms with Crippen LogP contribution in [0.5, 0.6) is 5.75 Å². The molecule has 0 spiro atoms. The number of hydrogen-bond donors (Lipinski definition) is 1. The van der Waals surface area contributed by atoms with Gasteiger partial charge in [-0.1, -0.05) is 25.5 Å². The number of esters is 1. The largest absolute Gasteiger partial charge is 0.495 e. The molecule has 0 aliphatic rings. The van der Waals surface area contributed by atoms with E-state index in [1.54, 1.807) is 7.11 Å². The summed E-state index contributed by atoms with van der Waals surface area (Å²) in [7, 11) is 3.01. The molecule has 4 heteroatoms. The molecule has 0 aliphatic heterocycles. The predicted octanol–water partition coefficient (Wildman–Crippen LogP) is 2.84. The van der Waals surface area contributed by atoms with E-state index in [0.29, 0.717) is 12.2 Å². The maximum absolute atomic E-state index is 11.9. The molecule has 1 aromatic carbocycles. The van der Waals surface area contributed by atoms with Gasteiger partial charge in [0.25, 0.3) is 0 Å². The predicted molar refractivity (Wildman–Crippen MR) is 71.9 cm³/mol. The first kappa shape index (κ1) is 14.4. The lowest BCUT2D eigenvalue weighted by atomic mass is 9.95. The monoisotopic (exact) mass is 251 g/mol. The van der Waals surface area contributed by atoms with Crippen molar-refractivity contribution < 1.29 is 14.3 Å². The lowest BCUT2D eigenvalue weighted by Gasteiger charge is -2.29. The summed E-state index contributed by atoms with van der Waals surface area (Å²) in [6, 6.07) is 7.52. The molecule has 1 rings (SSSR count). The maximum atomic E-state index is 11.9. The molecule has 0 heterocycles. The van der Waals surface area contributed by atoms with Gasteiger partial charge in [0.15, 0.2) is 0 Å². The summed E-state index contributed by atoms with van der Waals surface area (Å²) < 4.78 is 10.1. The first-order chi connectivity index (χ1) is 8.57. The van der Waals surface area contributed by atoms with Gasteiger partial charge in [0.1, 0.15) is 11.3 Å². The van der Waals surface area contributed by atoms with Gasteiger partial charge in [-0.3, -0.25) is 0 Å². The quantitative estimate of drug-likeness (QED) is 0.790. The molecule has 1 aromatic rings. The number of carbonyl (C=O) groups is 1. The molecular weight excluding hydrogens is 230 g/mol. The Hall–Kier alpha value is -1.71. The molecule has 0 fully saturated rings. The smallest absolute Gasteiger partial charge is 0.331 e. The normalized spacial score (nSPS) is 13.6. The number of nitrogens with one attached hydrogen (secondary N) is 1. The molecule has 0 unspecified atom stereocenters. The molecule has 0 saturated carbocycles. The Kier molecular flexibility index (Phi) is 5.01. The number of methoxy groups -OCH3 is 2. The fourth-order valence-electron chi connectivity index (χ4n) is 1.99. The average Bonchev–Trinajstić information content (AvgIpc) is 2.38. The summed E-state index contributed by atoms with van der Waals surface area (Å²) in [6.07, 6.45) is 1.57. The highest BCUT2D eigenvalue weighted by molar-refractivity contribution is 5.84. The molecule has 4 nitrogen and oxygen atoms in total. The minimum Gasteiger partial charge on any atom is -0.495 e. The zero-order valence-corrected chi connectivity index (χ0v) is 11.4. The van der Waals surface area contributed by atoms with Crippen molar-refractivity contribution in [3.05, 3.63) is 24.3 Å². The molecule has 0 aliphatic carbocycles. The van der Waals surface area contributed by atoms with Gasteiger partial charge in [0, 0.05) is 0 Å². The van der Waals surface area contributed by atoms with Crippen LogP contribution in [0.1, 0.15) is 26.7 Å². The Bertz CT molecular complexity index is 406. The van der Waals surface area contributed by atoms with E-state index in [1.165, 1.54) is 7.11 Å². The highest BCUT2D eigenvalue weighted by Gasteiger charge is 2.33. The third kappa shape index (κ3) is 3.15. The molecule has 1 atom stereocenters. The van der Waals surface area contributed by atoms with Crippen molar-refractivity contribution in [3.63, 3.8) is 0 Å². The van der Waals surface area contributed by atoms with Crippen LogP contribution in [-0.2, 0) is 9.53 Å². The molecule has 0 saturated heterocycles. The fourth-order valence-corrected chi connectivity index (χ4v) is 1.99. The number of carbonyl (C=O) groups excluding carboxylic acids is 1. The number of rotatable bonds is 6. The topological polar surface area (TPSA) is 47.6 Å². The third-order valence-electron chi connectivity index (χ3n) is 2.90. The van der Waals surface area contributed by atoms with E-state index in [1.807, 2.05) is 38.1 Å². The molecule has 18 heavy (non-hydrogen) atoms. The van der Waals surface area contributed by atoms with Crippen LogP contribution >= 0.6 is 0 Å². The van der Waals surface area contributed by atoms with Gasteiger partial charge in [-0.15, -0.1) is 0 Å². The Labute approximate surface area is 108 Å². The zero-order valence-electron chi connectivity index (χ0n) is 11.4. The number of benzene rings is 1. The van der Waals surface area contributed by atoms with Crippen LogP contribution in [0.15, 0.2) is 24.3 Å². The van der Waals surface area contributed by atoms with Crippen LogP contribution < -0.4 is 10.1 Å². The highest BCUT2D eigenvalue weighted by Crippen LogP contribution is 2.29. The Morgan fingerprint density at radius 1 is 1.33 bits per heavy atom. The van der Waals surface area contributed by atoms with E-state index in [2.05, 4.69) is 5.32 Å². The van der Waals surface area contributed by atoms with Crippen molar-refractivity contribution in [2.75, 3.05) is 19.5 Å². The number of hydrogen-bond acceptors (Lipinski definition) is 4. The van der Waals surface area contributed by atoms with Crippen molar-refractivity contribution in [1.29, 1.82) is 0 Å². The molecule has 0 amide bonds. The average molecular weight is 251 g/mol. The second-order valence-corrected chi connectivity index (χ2v) is 4.40. The van der Waals surface area contributed by atoms with Crippen LogP contribution in [0.2, 0.25) is 0 Å². The van der Waals surface area contributed by atoms with Gasteiger partial charge >= 0.3 is 5.97 Å². The van der Waals surface area contributed by atoms with E-state index in [-0.39, 0.29) is 5.97 Å². The first-order valence-electron chi connectivity index (χ1n) is 6.07. The molecular formula is C14H21NO3. The van der Waals surface area contributed by atoms with Crippen molar-refractivity contribution in [1.82, 2.24) is 0 Å². The summed E-state index contributed by atoms with van der Waals surface area (Å²) in [6.45, 7) is 3.87. The van der Waals surface area contributed by atoms with Crippen LogP contribution in [-0.4, -0.2) is 25.7 Å². The highest BCUT2D eigenvalue weighted by atomic mass is 16.5. The Balaban J connectivity index is 2.99. The zero-order chi connectivity index (χ0) is 13.6. The molecule has 0 aromatic heterocycles. The number of anilines is 1. The molecule has 1 N–H and O–H groups in total. The number of para-hydroxylation sites is 2. The second-order valence-electron chi connectivity index (χ2n) is 4.40. The SMILES string of the molecule is CCC[C@@](C)(Nc1ccccc1OC)C(=O)OC. The standard InChI is InChI=1S/C14H21NO3/c1-5-10-14(2,13(16)18-4)15-11-8-6-7-9-12(11)17-3/h6-9,15H,5,10H2,1-4H3/t14-/m1/s1. The number of ether oxygens (including phenoxy) is 2. The molecule has 0 bridgehead atoms. The molecule has 100 valence electrons. The summed E-state index contributed by atoms with van der Waals surface area (Å²) >= 11 is 0. The first-order valence-corrected chi connectivity index (χ1v) is 6.07. The molecule has 0 radical (unpaired) electrons. The van der Waals surface area contributed by atoms with Gasteiger partial charge in [0.2, 0.25) is 0 Å². The van der Waals surface area contributed by atoms with Crippen LogP contribution in [0.25, 0.3) is 0 Å². The van der Waals surface area contributed by atoms with E-state index in [9.17, 15) is 4.79 Å². The van der Waals surface area contributed by atoms with Crippen molar-refractivity contribution >= 4 is 11.7 Å². The van der Waals surface area contributed by atoms with Crippen LogP contribution in [0.4, 0.5) is 5.69 Å². The summed E-state index contributed by atoms with van der Waals surface area (Å²) in [5.41, 5.74) is 0.0550. The van der Waals surface area contributed by atoms with E-state index >= 15 is 0 Å². The Morgan fingerprint density at radius 3 is 2.56 bits per heavy atom. The van der Waals surface area contributed by atoms with E-state index in [4.69, 9.17) is 9.47 Å². The van der Waals surface area contributed by atoms with E-state index in [0.717, 1.165) is 12.1 Å². The summed E-state index contributed by atoms with van der Waals surface area (Å²) in [4.78, 5) is 11.9.